The molecule has 1 heterocycles. The Hall–Kier alpha value is -2.32. The van der Waals surface area contributed by atoms with Crippen LogP contribution in [0.5, 0.6) is 5.75 Å². The Morgan fingerprint density at radius 2 is 2.04 bits per heavy atom. The average molecular weight is 365 g/mol. The van der Waals surface area contributed by atoms with Crippen LogP contribution in [0.1, 0.15) is 20.3 Å². The second-order valence-corrected chi connectivity index (χ2v) is 5.80. The summed E-state index contributed by atoms with van der Waals surface area (Å²) in [5.74, 6) is 0.646. The zero-order valence-electron chi connectivity index (χ0n) is 15.5. The van der Waals surface area contributed by atoms with E-state index in [9.17, 15) is 9.59 Å². The third-order valence-electron chi connectivity index (χ3n) is 3.96. The highest BCUT2D eigenvalue weighted by molar-refractivity contribution is 5.97. The minimum Gasteiger partial charge on any atom is -0.497 e. The zero-order valence-corrected chi connectivity index (χ0v) is 15.5. The Balaban J connectivity index is 1.85. The number of rotatable bonds is 9. The summed E-state index contributed by atoms with van der Waals surface area (Å²) in [6.07, 6.45) is -0.223. The van der Waals surface area contributed by atoms with Gasteiger partial charge in [0.05, 0.1) is 19.7 Å². The van der Waals surface area contributed by atoms with Gasteiger partial charge in [-0.25, -0.2) is 4.79 Å². The summed E-state index contributed by atoms with van der Waals surface area (Å²) in [6.45, 7) is 5.39. The molecule has 0 bridgehead atoms. The SMILES string of the molecule is CCOC(CNC(=O)N[C@H]1CC(=O)N(c2cccc(OC)c2)C1)OCC. The highest BCUT2D eigenvalue weighted by Gasteiger charge is 2.31. The molecule has 1 atom stereocenters. The lowest BCUT2D eigenvalue weighted by Crippen LogP contribution is -2.46. The van der Waals surface area contributed by atoms with Crippen molar-refractivity contribution in [1.82, 2.24) is 10.6 Å². The average Bonchev–Trinajstić information content (AvgIpc) is 3.00. The standard InChI is InChI=1S/C18H27N3O5/c1-4-25-17(26-5-2)11-19-18(23)20-13-9-16(22)21(12-13)14-7-6-8-15(10-14)24-3/h6-8,10,13,17H,4-5,9,11-12H2,1-3H3,(H2,19,20,23)/t13-/m0/s1. The first kappa shape index (κ1) is 20.0. The van der Waals surface area contributed by atoms with Crippen molar-refractivity contribution in [2.24, 2.45) is 0 Å². The lowest BCUT2D eigenvalue weighted by molar-refractivity contribution is -0.131. The van der Waals surface area contributed by atoms with Gasteiger partial charge < -0.3 is 29.7 Å². The van der Waals surface area contributed by atoms with E-state index < -0.39 is 6.29 Å². The summed E-state index contributed by atoms with van der Waals surface area (Å²) in [5, 5.41) is 5.54. The van der Waals surface area contributed by atoms with Crippen molar-refractivity contribution >= 4 is 17.6 Å². The van der Waals surface area contributed by atoms with Gasteiger partial charge in [-0.15, -0.1) is 0 Å². The van der Waals surface area contributed by atoms with Crippen LogP contribution < -0.4 is 20.3 Å². The van der Waals surface area contributed by atoms with Gasteiger partial charge in [-0.1, -0.05) is 6.07 Å². The molecular weight excluding hydrogens is 338 g/mol. The number of benzene rings is 1. The number of nitrogens with one attached hydrogen (secondary N) is 2. The number of carbonyl (C=O) groups excluding carboxylic acids is 2. The van der Waals surface area contributed by atoms with E-state index in [-0.39, 0.29) is 30.9 Å². The van der Waals surface area contributed by atoms with Gasteiger partial charge in [0.1, 0.15) is 5.75 Å². The molecule has 0 spiro atoms. The maximum atomic E-state index is 12.3. The zero-order chi connectivity index (χ0) is 18.9. The van der Waals surface area contributed by atoms with Gasteiger partial charge in [-0.05, 0) is 26.0 Å². The topological polar surface area (TPSA) is 89.1 Å². The Bertz CT molecular complexity index is 604. The molecule has 2 N–H and O–H groups in total. The van der Waals surface area contributed by atoms with Crippen molar-refractivity contribution in [1.29, 1.82) is 0 Å². The van der Waals surface area contributed by atoms with E-state index in [0.29, 0.717) is 25.5 Å². The van der Waals surface area contributed by atoms with Crippen molar-refractivity contribution in [3.8, 4) is 5.75 Å². The van der Waals surface area contributed by atoms with Gasteiger partial charge in [0, 0.05) is 37.9 Å². The van der Waals surface area contributed by atoms with Crippen LogP contribution in [0.3, 0.4) is 0 Å². The number of ether oxygens (including phenoxy) is 3. The van der Waals surface area contributed by atoms with E-state index in [1.807, 2.05) is 32.0 Å². The highest BCUT2D eigenvalue weighted by Crippen LogP contribution is 2.25. The quantitative estimate of drug-likeness (QED) is 0.648. The van der Waals surface area contributed by atoms with Crippen LogP contribution in [-0.4, -0.2) is 57.7 Å². The molecule has 0 unspecified atom stereocenters. The monoisotopic (exact) mass is 365 g/mol. The fraction of sp³-hybridized carbons (Fsp3) is 0.556. The Kier molecular flexibility index (Phi) is 7.68. The first-order chi connectivity index (χ1) is 12.6. The molecule has 0 radical (unpaired) electrons. The minimum atomic E-state index is -0.478. The first-order valence-corrected chi connectivity index (χ1v) is 8.79. The summed E-state index contributed by atoms with van der Waals surface area (Å²) in [6, 6.07) is 6.69. The van der Waals surface area contributed by atoms with Gasteiger partial charge in [-0.2, -0.15) is 0 Å². The van der Waals surface area contributed by atoms with E-state index in [4.69, 9.17) is 14.2 Å². The normalized spacial score (nSPS) is 16.8. The van der Waals surface area contributed by atoms with Crippen LogP contribution in [0.4, 0.5) is 10.5 Å². The highest BCUT2D eigenvalue weighted by atomic mass is 16.7. The number of carbonyl (C=O) groups is 2. The van der Waals surface area contributed by atoms with E-state index in [1.165, 1.54) is 0 Å². The molecule has 1 aliphatic rings. The van der Waals surface area contributed by atoms with Crippen LogP contribution in [0.2, 0.25) is 0 Å². The summed E-state index contributed by atoms with van der Waals surface area (Å²) in [5.41, 5.74) is 0.756. The summed E-state index contributed by atoms with van der Waals surface area (Å²) >= 11 is 0. The van der Waals surface area contributed by atoms with Gasteiger partial charge in [0.15, 0.2) is 6.29 Å². The Morgan fingerprint density at radius 1 is 1.31 bits per heavy atom. The van der Waals surface area contributed by atoms with Crippen LogP contribution in [0, 0.1) is 0 Å². The van der Waals surface area contributed by atoms with Crippen molar-refractivity contribution in [3.63, 3.8) is 0 Å². The molecule has 3 amide bonds. The molecule has 8 heteroatoms. The molecule has 2 rings (SSSR count). The van der Waals surface area contributed by atoms with Gasteiger partial charge >= 0.3 is 6.03 Å². The second kappa shape index (κ2) is 9.98. The molecule has 0 aromatic heterocycles. The number of amides is 3. The molecular formula is C18H27N3O5. The fourth-order valence-electron chi connectivity index (χ4n) is 2.78. The predicted octanol–water partition coefficient (Wildman–Crippen LogP) is 1.50. The van der Waals surface area contributed by atoms with E-state index in [2.05, 4.69) is 10.6 Å². The lowest BCUT2D eigenvalue weighted by atomic mass is 10.2. The number of urea groups is 1. The fourth-order valence-corrected chi connectivity index (χ4v) is 2.78. The summed E-state index contributed by atoms with van der Waals surface area (Å²) < 4.78 is 15.9. The smallest absolute Gasteiger partial charge is 0.315 e. The largest absolute Gasteiger partial charge is 0.497 e. The second-order valence-electron chi connectivity index (χ2n) is 5.80. The molecule has 144 valence electrons. The molecule has 8 nitrogen and oxygen atoms in total. The van der Waals surface area contributed by atoms with E-state index in [0.717, 1.165) is 5.69 Å². The molecule has 1 fully saturated rings. The van der Waals surface area contributed by atoms with Crippen LogP contribution in [-0.2, 0) is 14.3 Å². The van der Waals surface area contributed by atoms with Crippen LogP contribution in [0.25, 0.3) is 0 Å². The maximum absolute atomic E-state index is 12.3. The van der Waals surface area contributed by atoms with Crippen LogP contribution >= 0.6 is 0 Å². The number of hydrogen-bond acceptors (Lipinski definition) is 5. The first-order valence-electron chi connectivity index (χ1n) is 8.79. The predicted molar refractivity (Wildman–Crippen MR) is 97.3 cm³/mol. The van der Waals surface area contributed by atoms with Crippen molar-refractivity contribution in [3.05, 3.63) is 24.3 Å². The van der Waals surface area contributed by atoms with Crippen molar-refractivity contribution in [2.45, 2.75) is 32.6 Å². The number of nitrogens with zero attached hydrogens (tertiary/aromatic N) is 1. The lowest BCUT2D eigenvalue weighted by Gasteiger charge is -2.20. The molecule has 1 aromatic carbocycles. The minimum absolute atomic E-state index is 0.0370. The Morgan fingerprint density at radius 3 is 2.69 bits per heavy atom. The van der Waals surface area contributed by atoms with E-state index in [1.54, 1.807) is 18.1 Å². The number of hydrogen-bond donors (Lipinski definition) is 2. The molecule has 0 saturated carbocycles. The Labute approximate surface area is 153 Å². The van der Waals surface area contributed by atoms with Gasteiger partial charge in [0.25, 0.3) is 0 Å². The van der Waals surface area contributed by atoms with Gasteiger partial charge in [0.2, 0.25) is 5.91 Å². The van der Waals surface area contributed by atoms with Gasteiger partial charge in [-0.3, -0.25) is 4.79 Å². The molecule has 1 aromatic rings. The summed E-state index contributed by atoms with van der Waals surface area (Å²) in [4.78, 5) is 26.0. The molecule has 1 aliphatic heterocycles. The third kappa shape index (κ3) is 5.60. The van der Waals surface area contributed by atoms with E-state index >= 15 is 0 Å². The van der Waals surface area contributed by atoms with Crippen LogP contribution in [0.15, 0.2) is 24.3 Å². The maximum Gasteiger partial charge on any atom is 0.315 e. The number of anilines is 1. The number of methoxy groups -OCH3 is 1. The third-order valence-corrected chi connectivity index (χ3v) is 3.96. The van der Waals surface area contributed by atoms with Crippen molar-refractivity contribution < 1.29 is 23.8 Å². The van der Waals surface area contributed by atoms with Crippen molar-refractivity contribution in [2.75, 3.05) is 38.3 Å². The molecule has 1 saturated heterocycles. The summed E-state index contributed by atoms with van der Waals surface area (Å²) in [7, 11) is 1.58. The molecule has 26 heavy (non-hydrogen) atoms. The molecule has 0 aliphatic carbocycles.